The van der Waals surface area contributed by atoms with Crippen molar-refractivity contribution in [2.24, 2.45) is 5.92 Å². The van der Waals surface area contributed by atoms with Gasteiger partial charge in [-0.05, 0) is 17.7 Å². The number of para-hydroxylation sites is 1. The highest BCUT2D eigenvalue weighted by atomic mass is 16.2. The quantitative estimate of drug-likeness (QED) is 0.871. The predicted octanol–water partition coefficient (Wildman–Crippen LogP) is 3.29. The molecule has 0 unspecified atom stereocenters. The molecule has 0 bridgehead atoms. The minimum atomic E-state index is -0.252. The Kier molecular flexibility index (Phi) is 3.92. The van der Waals surface area contributed by atoms with Crippen molar-refractivity contribution < 1.29 is 9.59 Å². The Bertz CT molecular complexity index is 670. The molecule has 0 aromatic heterocycles. The highest BCUT2D eigenvalue weighted by molar-refractivity contribution is 6.16. The van der Waals surface area contributed by atoms with Gasteiger partial charge >= 0.3 is 6.03 Å². The Hall–Kier alpha value is -2.62. The van der Waals surface area contributed by atoms with E-state index in [0.717, 1.165) is 5.56 Å². The van der Waals surface area contributed by atoms with E-state index >= 15 is 0 Å². The van der Waals surface area contributed by atoms with Crippen LogP contribution in [0.25, 0.3) is 0 Å². The van der Waals surface area contributed by atoms with Crippen molar-refractivity contribution in [3.63, 3.8) is 0 Å². The van der Waals surface area contributed by atoms with Crippen LogP contribution >= 0.6 is 0 Å². The van der Waals surface area contributed by atoms with Gasteiger partial charge in [0.15, 0.2) is 0 Å². The molecule has 2 aromatic carbocycles. The molecule has 0 spiro atoms. The Morgan fingerprint density at radius 3 is 2.18 bits per heavy atom. The van der Waals surface area contributed by atoms with Gasteiger partial charge in [-0.25, -0.2) is 9.69 Å². The largest absolute Gasteiger partial charge is 0.331 e. The van der Waals surface area contributed by atoms with Crippen LogP contribution in [0.3, 0.4) is 0 Å². The van der Waals surface area contributed by atoms with Crippen LogP contribution in [-0.4, -0.2) is 23.4 Å². The van der Waals surface area contributed by atoms with Gasteiger partial charge in [-0.1, -0.05) is 55.5 Å². The summed E-state index contributed by atoms with van der Waals surface area (Å²) in [4.78, 5) is 28.1. The Morgan fingerprint density at radius 2 is 1.55 bits per heavy atom. The summed E-state index contributed by atoms with van der Waals surface area (Å²) in [6, 6.07) is 18.7. The summed E-state index contributed by atoms with van der Waals surface area (Å²) < 4.78 is 0. The van der Waals surface area contributed by atoms with Gasteiger partial charge in [-0.15, -0.1) is 0 Å². The third-order valence-corrected chi connectivity index (χ3v) is 3.83. The molecule has 1 saturated heterocycles. The molecule has 0 saturated carbocycles. The highest BCUT2D eigenvalue weighted by Gasteiger charge is 2.37. The lowest BCUT2D eigenvalue weighted by Crippen LogP contribution is -2.56. The smallest absolute Gasteiger partial charge is 0.319 e. The standard InChI is InChI=1S/C18H18N2O2/c1-14-12-19(13-15-8-4-2-5-9-15)18(22)20(17(14)21)16-10-6-3-7-11-16/h2-11,14H,12-13H2,1H3/t14-/m0/s1. The summed E-state index contributed by atoms with van der Waals surface area (Å²) in [6.45, 7) is 2.83. The van der Waals surface area contributed by atoms with Crippen molar-refractivity contribution in [3.05, 3.63) is 66.2 Å². The molecule has 2 aromatic rings. The summed E-state index contributed by atoms with van der Waals surface area (Å²) in [5.41, 5.74) is 1.69. The Balaban J connectivity index is 1.87. The zero-order valence-electron chi connectivity index (χ0n) is 12.5. The highest BCUT2D eigenvalue weighted by Crippen LogP contribution is 2.24. The molecule has 4 nitrogen and oxygen atoms in total. The minimum Gasteiger partial charge on any atom is -0.319 e. The zero-order chi connectivity index (χ0) is 15.5. The molecule has 0 aliphatic carbocycles. The number of imide groups is 1. The van der Waals surface area contributed by atoms with E-state index in [2.05, 4.69) is 0 Å². The molecule has 1 aliphatic heterocycles. The number of amides is 3. The summed E-state index contributed by atoms with van der Waals surface area (Å²) >= 11 is 0. The number of benzene rings is 2. The Morgan fingerprint density at radius 1 is 0.955 bits per heavy atom. The average molecular weight is 294 g/mol. The van der Waals surface area contributed by atoms with Crippen molar-refractivity contribution in [1.82, 2.24) is 4.90 Å². The normalized spacial score (nSPS) is 18.7. The van der Waals surface area contributed by atoms with Gasteiger partial charge in [0.1, 0.15) is 0 Å². The van der Waals surface area contributed by atoms with Crippen LogP contribution in [-0.2, 0) is 11.3 Å². The van der Waals surface area contributed by atoms with E-state index in [1.807, 2.05) is 55.5 Å². The zero-order valence-corrected chi connectivity index (χ0v) is 12.5. The molecule has 3 rings (SSSR count). The SMILES string of the molecule is C[C@H]1CN(Cc2ccccc2)C(=O)N(c2ccccc2)C1=O. The first-order valence-corrected chi connectivity index (χ1v) is 7.38. The van der Waals surface area contributed by atoms with Crippen molar-refractivity contribution in [2.75, 3.05) is 11.4 Å². The first-order valence-electron chi connectivity index (χ1n) is 7.38. The number of anilines is 1. The van der Waals surface area contributed by atoms with E-state index in [-0.39, 0.29) is 17.9 Å². The second-order valence-electron chi connectivity index (χ2n) is 5.56. The van der Waals surface area contributed by atoms with Gasteiger partial charge in [0.25, 0.3) is 0 Å². The van der Waals surface area contributed by atoms with Gasteiger partial charge in [0.2, 0.25) is 5.91 Å². The maximum Gasteiger partial charge on any atom is 0.331 e. The molecule has 0 radical (unpaired) electrons. The summed E-state index contributed by atoms with van der Waals surface area (Å²) in [6.07, 6.45) is 0. The summed E-state index contributed by atoms with van der Waals surface area (Å²) in [5, 5.41) is 0. The third kappa shape index (κ3) is 2.72. The minimum absolute atomic E-state index is 0.138. The first-order chi connectivity index (χ1) is 10.7. The van der Waals surface area contributed by atoms with E-state index in [1.165, 1.54) is 4.90 Å². The van der Waals surface area contributed by atoms with Crippen molar-refractivity contribution in [1.29, 1.82) is 0 Å². The lowest BCUT2D eigenvalue weighted by atomic mass is 10.1. The number of carbonyl (C=O) groups is 2. The van der Waals surface area contributed by atoms with Crippen LogP contribution in [0.4, 0.5) is 10.5 Å². The lowest BCUT2D eigenvalue weighted by Gasteiger charge is -2.37. The van der Waals surface area contributed by atoms with E-state index in [1.54, 1.807) is 17.0 Å². The predicted molar refractivity (Wildman–Crippen MR) is 85.3 cm³/mol. The van der Waals surface area contributed by atoms with E-state index in [9.17, 15) is 9.59 Å². The van der Waals surface area contributed by atoms with Crippen LogP contribution in [0, 0.1) is 5.92 Å². The number of urea groups is 1. The van der Waals surface area contributed by atoms with E-state index in [4.69, 9.17) is 0 Å². The number of nitrogens with zero attached hydrogens (tertiary/aromatic N) is 2. The molecule has 112 valence electrons. The molecule has 1 fully saturated rings. The monoisotopic (exact) mass is 294 g/mol. The molecule has 22 heavy (non-hydrogen) atoms. The van der Waals surface area contributed by atoms with E-state index in [0.29, 0.717) is 18.8 Å². The van der Waals surface area contributed by atoms with Crippen LogP contribution in [0.1, 0.15) is 12.5 Å². The number of hydrogen-bond donors (Lipinski definition) is 0. The summed E-state index contributed by atoms with van der Waals surface area (Å²) in [5.74, 6) is -0.345. The molecule has 4 heteroatoms. The Labute approximate surface area is 130 Å². The van der Waals surface area contributed by atoms with E-state index < -0.39 is 0 Å². The fourth-order valence-corrected chi connectivity index (χ4v) is 2.69. The number of carbonyl (C=O) groups excluding carboxylic acids is 2. The fourth-order valence-electron chi connectivity index (χ4n) is 2.69. The number of hydrogen-bond acceptors (Lipinski definition) is 2. The second kappa shape index (κ2) is 6.02. The van der Waals surface area contributed by atoms with Crippen molar-refractivity contribution in [2.45, 2.75) is 13.5 Å². The average Bonchev–Trinajstić information content (AvgIpc) is 2.55. The van der Waals surface area contributed by atoms with Crippen LogP contribution < -0.4 is 4.90 Å². The second-order valence-corrected chi connectivity index (χ2v) is 5.56. The molecule has 0 N–H and O–H groups in total. The maximum atomic E-state index is 12.7. The van der Waals surface area contributed by atoms with Gasteiger partial charge in [-0.3, -0.25) is 4.79 Å². The fraction of sp³-hybridized carbons (Fsp3) is 0.222. The van der Waals surface area contributed by atoms with Crippen molar-refractivity contribution in [3.8, 4) is 0 Å². The molecule has 1 atom stereocenters. The van der Waals surface area contributed by atoms with Gasteiger partial charge in [-0.2, -0.15) is 0 Å². The molecular weight excluding hydrogens is 276 g/mol. The third-order valence-electron chi connectivity index (χ3n) is 3.83. The molecule has 1 aliphatic rings. The number of rotatable bonds is 3. The molecule has 3 amide bonds. The topological polar surface area (TPSA) is 40.6 Å². The maximum absolute atomic E-state index is 12.7. The first kappa shape index (κ1) is 14.3. The van der Waals surface area contributed by atoms with Crippen LogP contribution in [0.15, 0.2) is 60.7 Å². The van der Waals surface area contributed by atoms with Gasteiger partial charge in [0.05, 0.1) is 11.6 Å². The van der Waals surface area contributed by atoms with Crippen molar-refractivity contribution >= 4 is 17.6 Å². The summed E-state index contributed by atoms with van der Waals surface area (Å²) in [7, 11) is 0. The van der Waals surface area contributed by atoms with Gasteiger partial charge < -0.3 is 4.90 Å². The van der Waals surface area contributed by atoms with Crippen LogP contribution in [0.5, 0.6) is 0 Å². The molecule has 1 heterocycles. The van der Waals surface area contributed by atoms with Crippen LogP contribution in [0.2, 0.25) is 0 Å². The lowest BCUT2D eigenvalue weighted by molar-refractivity contribution is -0.122. The van der Waals surface area contributed by atoms with Gasteiger partial charge in [0, 0.05) is 13.1 Å². The molecular formula is C18H18N2O2.